The van der Waals surface area contributed by atoms with Gasteiger partial charge in [-0.1, -0.05) is 87.5 Å². The smallest absolute Gasteiger partial charge is 0.433 e. The van der Waals surface area contributed by atoms with E-state index in [1.165, 1.54) is 11.0 Å². The van der Waals surface area contributed by atoms with Crippen molar-refractivity contribution in [1.29, 1.82) is 0 Å². The number of pyridine rings is 1. The number of carbonyl (C=O) groups excluding carboxylic acids is 2. The lowest BCUT2D eigenvalue weighted by molar-refractivity contribution is -0.141. The van der Waals surface area contributed by atoms with Crippen LogP contribution in [-0.2, 0) is 28.3 Å². The normalized spacial score (nSPS) is 16.4. The molecule has 1 aliphatic heterocycles. The molecule has 3 atom stereocenters. The Kier molecular flexibility index (Phi) is 11.8. The van der Waals surface area contributed by atoms with Gasteiger partial charge in [-0.25, -0.2) is 4.79 Å². The summed E-state index contributed by atoms with van der Waals surface area (Å²) in [5, 5.41) is 20.8. The van der Waals surface area contributed by atoms with E-state index in [2.05, 4.69) is 36.0 Å². The van der Waals surface area contributed by atoms with Crippen LogP contribution >= 0.6 is 0 Å². The lowest BCUT2D eigenvalue weighted by Gasteiger charge is -2.43. The van der Waals surface area contributed by atoms with Crippen molar-refractivity contribution in [2.24, 2.45) is 0 Å². The molecule has 5 rings (SSSR count). The number of rotatable bonds is 10. The second kappa shape index (κ2) is 15.7. The molecule has 4 aromatic rings. The first-order valence-corrected chi connectivity index (χ1v) is 20.0. The summed E-state index contributed by atoms with van der Waals surface area (Å²) in [6.07, 6.45) is -4.91. The number of hydrogen-bond acceptors (Lipinski definition) is 7. The van der Waals surface area contributed by atoms with Gasteiger partial charge in [0.05, 0.1) is 25.3 Å². The topological polar surface area (TPSA) is 121 Å². The van der Waals surface area contributed by atoms with Gasteiger partial charge >= 0.3 is 12.3 Å². The van der Waals surface area contributed by atoms with Crippen molar-refractivity contribution in [3.8, 4) is 0 Å². The maximum Gasteiger partial charge on any atom is 0.433 e. The Morgan fingerprint density at radius 3 is 2.07 bits per heavy atom. The molecule has 2 aromatic heterocycles. The van der Waals surface area contributed by atoms with E-state index in [1.54, 1.807) is 32.6 Å². The first kappa shape index (κ1) is 40.6. The number of aliphatic hydroxyl groups is 1. The number of alkyl halides is 3. The van der Waals surface area contributed by atoms with Crippen LogP contribution in [0.4, 0.5) is 18.0 Å². The molecular formula is C40H50F3N5O5Si. The standard InChI is InChI=1S/C40H50F3N5O5Si/c1-26-21-33-32(24-47(26)37(51)53-38(3,4)5)35(46-45-33)36(50)48(27(2)28-19-20-34(44-22-28)40(41,42)43)23-29(49)25-52-54(39(6,7)8,30-15-11-9-12-16-30)31-17-13-10-14-18-31/h9-20,22,26-27,29,49H,21,23-25H2,1-8H3,(H,45,46)/t26-,27+,29-/m1/s1. The fraction of sp³-hybridized carbons (Fsp3) is 0.450. The molecule has 0 radical (unpaired) electrons. The zero-order valence-corrected chi connectivity index (χ0v) is 33.1. The number of fused-ring (bicyclic) bond motifs is 1. The number of aromatic amines is 1. The number of ether oxygens (including phenoxy) is 1. The number of aromatic nitrogens is 3. The summed E-state index contributed by atoms with van der Waals surface area (Å²) >= 11 is 0. The van der Waals surface area contributed by atoms with Crippen molar-refractivity contribution in [3.63, 3.8) is 0 Å². The van der Waals surface area contributed by atoms with Gasteiger partial charge in [-0.05, 0) is 61.7 Å². The fourth-order valence-electron chi connectivity index (χ4n) is 7.03. The zero-order valence-electron chi connectivity index (χ0n) is 32.1. The maximum absolute atomic E-state index is 14.6. The lowest BCUT2D eigenvalue weighted by Crippen LogP contribution is -2.67. The van der Waals surface area contributed by atoms with Gasteiger partial charge in [0.2, 0.25) is 0 Å². The highest BCUT2D eigenvalue weighted by Gasteiger charge is 2.50. The molecule has 0 spiro atoms. The number of halogens is 3. The number of amides is 2. The van der Waals surface area contributed by atoms with Crippen LogP contribution in [0.3, 0.4) is 0 Å². The lowest BCUT2D eigenvalue weighted by atomic mass is 9.99. The molecule has 3 heterocycles. The summed E-state index contributed by atoms with van der Waals surface area (Å²) in [5.41, 5.74) is -0.245. The summed E-state index contributed by atoms with van der Waals surface area (Å²) in [6.45, 7) is 14.9. The van der Waals surface area contributed by atoms with Crippen LogP contribution in [0.25, 0.3) is 0 Å². The van der Waals surface area contributed by atoms with Crippen molar-refractivity contribution < 1.29 is 37.0 Å². The Labute approximate surface area is 315 Å². The van der Waals surface area contributed by atoms with Crippen LogP contribution in [0.2, 0.25) is 5.04 Å². The molecule has 14 heteroatoms. The molecule has 0 unspecified atom stereocenters. The number of H-pyrrole nitrogens is 1. The molecular weight excluding hydrogens is 716 g/mol. The fourth-order valence-corrected chi connectivity index (χ4v) is 11.6. The van der Waals surface area contributed by atoms with Gasteiger partial charge in [0, 0.05) is 36.5 Å². The van der Waals surface area contributed by atoms with Gasteiger partial charge in [-0.15, -0.1) is 0 Å². The SMILES string of the molecule is C[C@@H]1Cc2[nH]nc(C(=O)N(C[C@@H](O)CO[Si](c3ccccc3)(c3ccccc3)C(C)(C)C)[C@@H](C)c3ccc(C(F)(F)F)nc3)c2CN1C(=O)OC(C)(C)C. The van der Waals surface area contributed by atoms with Crippen LogP contribution < -0.4 is 10.4 Å². The van der Waals surface area contributed by atoms with Crippen LogP contribution in [0.1, 0.15) is 94.4 Å². The molecule has 290 valence electrons. The largest absolute Gasteiger partial charge is 0.444 e. The summed E-state index contributed by atoms with van der Waals surface area (Å²) in [7, 11) is -3.07. The molecule has 2 aromatic carbocycles. The molecule has 0 saturated carbocycles. The van der Waals surface area contributed by atoms with E-state index in [9.17, 15) is 27.9 Å². The predicted molar refractivity (Wildman–Crippen MR) is 202 cm³/mol. The average Bonchev–Trinajstić information content (AvgIpc) is 3.51. The van der Waals surface area contributed by atoms with Crippen LogP contribution in [0.5, 0.6) is 0 Å². The molecule has 2 N–H and O–H groups in total. The Balaban J connectivity index is 1.49. The average molecular weight is 766 g/mol. The monoisotopic (exact) mass is 765 g/mol. The minimum Gasteiger partial charge on any atom is -0.444 e. The van der Waals surface area contributed by atoms with Gasteiger partial charge in [0.25, 0.3) is 14.2 Å². The van der Waals surface area contributed by atoms with Gasteiger partial charge in [0.1, 0.15) is 11.3 Å². The number of benzene rings is 2. The van der Waals surface area contributed by atoms with Crippen molar-refractivity contribution in [2.45, 2.75) is 103 Å². The van der Waals surface area contributed by atoms with Crippen molar-refractivity contribution >= 4 is 30.7 Å². The number of nitrogens with zero attached hydrogens (tertiary/aromatic N) is 4. The minimum absolute atomic E-state index is 0.0392. The second-order valence-electron chi connectivity index (χ2n) is 15.9. The van der Waals surface area contributed by atoms with Crippen LogP contribution in [-0.4, -0.2) is 81.3 Å². The van der Waals surface area contributed by atoms with Gasteiger partial charge < -0.3 is 24.1 Å². The van der Waals surface area contributed by atoms with E-state index in [0.29, 0.717) is 23.2 Å². The number of nitrogens with one attached hydrogen (secondary N) is 1. The number of hydrogen-bond donors (Lipinski definition) is 2. The third-order valence-corrected chi connectivity index (χ3v) is 14.8. The highest BCUT2D eigenvalue weighted by Crippen LogP contribution is 2.37. The third-order valence-electron chi connectivity index (χ3n) is 9.75. The highest BCUT2D eigenvalue weighted by molar-refractivity contribution is 6.99. The third kappa shape index (κ3) is 8.71. The predicted octanol–water partition coefficient (Wildman–Crippen LogP) is 6.65. The van der Waals surface area contributed by atoms with E-state index in [-0.39, 0.29) is 36.5 Å². The molecule has 0 saturated heterocycles. The number of aliphatic hydroxyl groups excluding tert-OH is 1. The van der Waals surface area contributed by atoms with Crippen LogP contribution in [0.15, 0.2) is 79.0 Å². The van der Waals surface area contributed by atoms with E-state index in [4.69, 9.17) is 9.16 Å². The zero-order chi connectivity index (χ0) is 39.6. The van der Waals surface area contributed by atoms with Crippen molar-refractivity contribution in [2.75, 3.05) is 13.2 Å². The van der Waals surface area contributed by atoms with Gasteiger partial charge in [0.15, 0.2) is 5.69 Å². The molecule has 0 aliphatic carbocycles. The van der Waals surface area contributed by atoms with E-state index in [1.807, 2.05) is 67.6 Å². The summed E-state index contributed by atoms with van der Waals surface area (Å²) in [5.74, 6) is -0.580. The molecule has 10 nitrogen and oxygen atoms in total. The minimum atomic E-state index is -4.64. The summed E-state index contributed by atoms with van der Waals surface area (Å²) in [4.78, 5) is 34.3. The maximum atomic E-state index is 14.6. The second-order valence-corrected chi connectivity index (χ2v) is 20.2. The Bertz CT molecular complexity index is 1850. The molecule has 2 amide bonds. The number of carbonyl (C=O) groups is 2. The van der Waals surface area contributed by atoms with E-state index in [0.717, 1.165) is 22.6 Å². The molecule has 54 heavy (non-hydrogen) atoms. The highest BCUT2D eigenvalue weighted by atomic mass is 28.4. The van der Waals surface area contributed by atoms with Crippen molar-refractivity contribution in [3.05, 3.63) is 107 Å². The molecule has 1 aliphatic rings. The molecule has 0 fully saturated rings. The van der Waals surface area contributed by atoms with Gasteiger partial charge in [-0.3, -0.25) is 14.9 Å². The molecule has 0 bridgehead atoms. The Hall–Kier alpha value is -4.53. The van der Waals surface area contributed by atoms with Crippen molar-refractivity contribution in [1.82, 2.24) is 25.0 Å². The first-order chi connectivity index (χ1) is 25.2. The quantitative estimate of drug-likeness (QED) is 0.174. The van der Waals surface area contributed by atoms with Crippen LogP contribution in [0, 0.1) is 0 Å². The summed E-state index contributed by atoms with van der Waals surface area (Å²) in [6, 6.07) is 20.9. The Morgan fingerprint density at radius 2 is 1.57 bits per heavy atom. The van der Waals surface area contributed by atoms with E-state index < -0.39 is 49.9 Å². The first-order valence-electron chi connectivity index (χ1n) is 18.1. The Morgan fingerprint density at radius 1 is 0.981 bits per heavy atom. The summed E-state index contributed by atoms with van der Waals surface area (Å²) < 4.78 is 52.9. The van der Waals surface area contributed by atoms with E-state index >= 15 is 0 Å². The van der Waals surface area contributed by atoms with Gasteiger partial charge in [-0.2, -0.15) is 18.3 Å².